The van der Waals surface area contributed by atoms with E-state index in [-0.39, 0.29) is 5.91 Å². The number of benzene rings is 1. The van der Waals surface area contributed by atoms with Gasteiger partial charge >= 0.3 is 0 Å². The molecule has 0 radical (unpaired) electrons. The minimum Gasteiger partial charge on any atom is -0.335 e. The van der Waals surface area contributed by atoms with Gasteiger partial charge in [0.2, 0.25) is 0 Å². The minimum atomic E-state index is 0.103. The van der Waals surface area contributed by atoms with Crippen molar-refractivity contribution in [1.29, 1.82) is 0 Å². The molecular formula is C24H25N5O. The average Bonchev–Trinajstić information content (AvgIpc) is 3.47. The van der Waals surface area contributed by atoms with Crippen LogP contribution in [0.4, 0.5) is 0 Å². The fourth-order valence-corrected chi connectivity index (χ4v) is 5.50. The second kappa shape index (κ2) is 6.76. The summed E-state index contributed by atoms with van der Waals surface area (Å²) in [5, 5.41) is 4.51. The van der Waals surface area contributed by atoms with Crippen molar-refractivity contribution >= 4 is 5.91 Å². The molecule has 2 fully saturated rings. The van der Waals surface area contributed by atoms with Crippen molar-refractivity contribution in [3.63, 3.8) is 0 Å². The third-order valence-electron chi connectivity index (χ3n) is 7.12. The van der Waals surface area contributed by atoms with E-state index in [1.165, 1.54) is 23.1 Å². The normalized spacial score (nSPS) is 22.0. The molecule has 3 heterocycles. The van der Waals surface area contributed by atoms with Gasteiger partial charge in [0.1, 0.15) is 0 Å². The number of hydrogen-bond donors (Lipinski definition) is 0. The Hall–Kier alpha value is -3.02. The lowest BCUT2D eigenvalue weighted by atomic mass is 10.0. The summed E-state index contributed by atoms with van der Waals surface area (Å²) < 4.78 is 1.72. The van der Waals surface area contributed by atoms with Gasteiger partial charge in [-0.1, -0.05) is 24.3 Å². The molecule has 3 aromatic rings. The summed E-state index contributed by atoms with van der Waals surface area (Å²) in [6, 6.07) is 8.89. The highest BCUT2D eigenvalue weighted by molar-refractivity contribution is 5.95. The topological polar surface area (TPSA) is 63.9 Å². The zero-order valence-electron chi connectivity index (χ0n) is 17.2. The van der Waals surface area contributed by atoms with Crippen LogP contribution < -0.4 is 0 Å². The summed E-state index contributed by atoms with van der Waals surface area (Å²) in [7, 11) is 0. The second-order valence-electron chi connectivity index (χ2n) is 8.90. The standard InChI is InChI=1S/C24H25N5O/c1-15-21(23(30)28-14-16-9-10-19(28)11-16)13-26-29(15)24-25-12-18-7-4-6-17-5-2-3-8-20(17)22(18)27-24/h2-3,5,8,12-13,16,19H,4,6-7,9-11,14H2,1H3/t16-,19+/m1/s1. The van der Waals surface area contributed by atoms with Crippen LogP contribution in [-0.4, -0.2) is 43.1 Å². The van der Waals surface area contributed by atoms with E-state index in [0.29, 0.717) is 23.5 Å². The molecule has 1 saturated carbocycles. The second-order valence-corrected chi connectivity index (χ2v) is 8.90. The molecule has 1 saturated heterocycles. The van der Waals surface area contributed by atoms with Crippen molar-refractivity contribution < 1.29 is 4.79 Å². The Kier molecular flexibility index (Phi) is 4.01. The van der Waals surface area contributed by atoms with Gasteiger partial charge in [-0.05, 0) is 62.5 Å². The van der Waals surface area contributed by atoms with E-state index in [1.807, 2.05) is 13.1 Å². The molecule has 2 atom stereocenters. The molecule has 2 bridgehead atoms. The van der Waals surface area contributed by atoms with Crippen LogP contribution in [0.5, 0.6) is 0 Å². The highest BCUT2D eigenvalue weighted by atomic mass is 16.2. The van der Waals surface area contributed by atoms with Gasteiger partial charge in [0.15, 0.2) is 0 Å². The molecule has 0 N–H and O–H groups in total. The van der Waals surface area contributed by atoms with E-state index >= 15 is 0 Å². The largest absolute Gasteiger partial charge is 0.335 e. The number of carbonyl (C=O) groups is 1. The van der Waals surface area contributed by atoms with Crippen molar-refractivity contribution in [3.05, 3.63) is 59.0 Å². The molecule has 2 aromatic heterocycles. The highest BCUT2D eigenvalue weighted by Crippen LogP contribution is 2.38. The summed E-state index contributed by atoms with van der Waals surface area (Å²) >= 11 is 0. The SMILES string of the molecule is Cc1c(C(=O)N2C[C@@H]3CC[C@H]2C3)cnn1-c1ncc2c(n1)-c1ccccc1CCC2. The molecule has 30 heavy (non-hydrogen) atoms. The third-order valence-corrected chi connectivity index (χ3v) is 7.12. The van der Waals surface area contributed by atoms with E-state index in [4.69, 9.17) is 4.98 Å². The lowest BCUT2D eigenvalue weighted by Gasteiger charge is -2.26. The number of likely N-dealkylation sites (tertiary alicyclic amines) is 1. The fourth-order valence-electron chi connectivity index (χ4n) is 5.50. The first-order chi connectivity index (χ1) is 14.7. The Morgan fingerprint density at radius 2 is 1.97 bits per heavy atom. The van der Waals surface area contributed by atoms with Crippen molar-refractivity contribution in [2.24, 2.45) is 5.92 Å². The molecule has 0 unspecified atom stereocenters. The van der Waals surface area contributed by atoms with Gasteiger partial charge in [-0.2, -0.15) is 5.10 Å². The van der Waals surface area contributed by atoms with Crippen LogP contribution in [0.15, 0.2) is 36.7 Å². The first-order valence-electron chi connectivity index (χ1n) is 11.0. The Balaban J connectivity index is 1.38. The molecule has 152 valence electrons. The minimum absolute atomic E-state index is 0.103. The van der Waals surface area contributed by atoms with Gasteiger partial charge in [0, 0.05) is 24.3 Å². The van der Waals surface area contributed by atoms with E-state index < -0.39 is 0 Å². The van der Waals surface area contributed by atoms with Gasteiger partial charge < -0.3 is 4.90 Å². The molecule has 0 spiro atoms. The van der Waals surface area contributed by atoms with Crippen LogP contribution >= 0.6 is 0 Å². The lowest BCUT2D eigenvalue weighted by Crippen LogP contribution is -2.37. The molecule has 2 aliphatic carbocycles. The summed E-state index contributed by atoms with van der Waals surface area (Å²) in [4.78, 5) is 24.8. The van der Waals surface area contributed by atoms with Crippen LogP contribution in [0, 0.1) is 12.8 Å². The average molecular weight is 399 g/mol. The van der Waals surface area contributed by atoms with Crippen molar-refractivity contribution in [1.82, 2.24) is 24.6 Å². The number of aryl methyl sites for hydroxylation is 2. The Morgan fingerprint density at radius 1 is 1.10 bits per heavy atom. The number of amides is 1. The maximum absolute atomic E-state index is 13.2. The Labute approximate surface area is 176 Å². The summed E-state index contributed by atoms with van der Waals surface area (Å²) in [6.07, 6.45) is 10.3. The Bertz CT molecular complexity index is 1150. The zero-order valence-corrected chi connectivity index (χ0v) is 17.2. The van der Waals surface area contributed by atoms with Gasteiger partial charge in [-0.15, -0.1) is 0 Å². The van der Waals surface area contributed by atoms with Crippen LogP contribution in [0.2, 0.25) is 0 Å². The number of nitrogens with zero attached hydrogens (tertiary/aromatic N) is 5. The molecule has 6 rings (SSSR count). The van der Waals surface area contributed by atoms with Gasteiger partial charge in [-0.25, -0.2) is 14.6 Å². The van der Waals surface area contributed by atoms with Gasteiger partial charge in [0.05, 0.1) is 23.1 Å². The molecule has 1 aromatic carbocycles. The lowest BCUT2D eigenvalue weighted by molar-refractivity contribution is 0.0703. The molecule has 3 aliphatic rings. The van der Waals surface area contributed by atoms with Crippen LogP contribution in [-0.2, 0) is 12.8 Å². The molecule has 6 heteroatoms. The van der Waals surface area contributed by atoms with Gasteiger partial charge in [0.25, 0.3) is 11.9 Å². The summed E-state index contributed by atoms with van der Waals surface area (Å²) in [5.41, 5.74) is 6.16. The zero-order chi connectivity index (χ0) is 20.2. The Morgan fingerprint density at radius 3 is 2.80 bits per heavy atom. The van der Waals surface area contributed by atoms with Gasteiger partial charge in [-0.3, -0.25) is 4.79 Å². The smallest absolute Gasteiger partial charge is 0.257 e. The van der Waals surface area contributed by atoms with E-state index in [0.717, 1.165) is 50.0 Å². The number of carbonyl (C=O) groups excluding carboxylic acids is 1. The predicted octanol–water partition coefficient (Wildman–Crippen LogP) is 3.75. The first kappa shape index (κ1) is 17.8. The van der Waals surface area contributed by atoms with E-state index in [1.54, 1.807) is 10.9 Å². The van der Waals surface area contributed by atoms with Crippen LogP contribution in [0.25, 0.3) is 17.2 Å². The van der Waals surface area contributed by atoms with Crippen LogP contribution in [0.3, 0.4) is 0 Å². The van der Waals surface area contributed by atoms with Crippen LogP contribution in [0.1, 0.15) is 52.9 Å². The predicted molar refractivity (Wildman–Crippen MR) is 114 cm³/mol. The summed E-state index contributed by atoms with van der Waals surface area (Å²) in [5.74, 6) is 1.32. The number of hydrogen-bond acceptors (Lipinski definition) is 4. The number of rotatable bonds is 2. The maximum atomic E-state index is 13.2. The van der Waals surface area contributed by atoms with Crippen molar-refractivity contribution in [3.8, 4) is 17.2 Å². The van der Waals surface area contributed by atoms with E-state index in [9.17, 15) is 4.79 Å². The number of aromatic nitrogens is 4. The third kappa shape index (κ3) is 2.70. The monoisotopic (exact) mass is 399 g/mol. The van der Waals surface area contributed by atoms with E-state index in [2.05, 4.69) is 39.2 Å². The molecule has 1 amide bonds. The number of fused-ring (bicyclic) bond motifs is 5. The molecule has 6 nitrogen and oxygen atoms in total. The van der Waals surface area contributed by atoms with Crippen molar-refractivity contribution in [2.75, 3.05) is 6.54 Å². The quantitative estimate of drug-likeness (QED) is 0.658. The fraction of sp³-hybridized carbons (Fsp3) is 0.417. The summed E-state index contributed by atoms with van der Waals surface area (Å²) in [6.45, 7) is 2.83. The van der Waals surface area contributed by atoms with Crippen molar-refractivity contribution in [2.45, 2.75) is 51.5 Å². The molecule has 1 aliphatic heterocycles. The number of piperidine rings is 1. The molecular weight excluding hydrogens is 374 g/mol. The first-order valence-corrected chi connectivity index (χ1v) is 11.0. The highest BCUT2D eigenvalue weighted by Gasteiger charge is 2.41. The maximum Gasteiger partial charge on any atom is 0.257 e.